The molecule has 17 heavy (non-hydrogen) atoms. The fourth-order valence-corrected chi connectivity index (χ4v) is 4.03. The molecule has 0 aromatic carbocycles. The van der Waals surface area contributed by atoms with Crippen LogP contribution in [0.25, 0.3) is 11.0 Å². The van der Waals surface area contributed by atoms with Crippen molar-refractivity contribution in [1.29, 1.82) is 0 Å². The van der Waals surface area contributed by atoms with Crippen LogP contribution in [0.5, 0.6) is 0 Å². The summed E-state index contributed by atoms with van der Waals surface area (Å²) in [6.45, 7) is 0. The smallest absolute Gasteiger partial charge is 0.151 e. The molecule has 0 bridgehead atoms. The van der Waals surface area contributed by atoms with Gasteiger partial charge >= 0.3 is 0 Å². The molecule has 7 heteroatoms. The second kappa shape index (κ2) is 3.43. The maximum atomic E-state index is 11.5. The predicted octanol–water partition coefficient (Wildman–Crippen LogP) is 0.442. The number of anilines is 1. The van der Waals surface area contributed by atoms with Crippen molar-refractivity contribution in [2.45, 2.75) is 12.3 Å². The van der Waals surface area contributed by atoms with Crippen molar-refractivity contribution in [2.75, 3.05) is 17.2 Å². The third-order valence-corrected chi connectivity index (χ3v) is 4.84. The molecule has 1 fully saturated rings. The molecule has 0 radical (unpaired) electrons. The molecule has 0 saturated carbocycles. The van der Waals surface area contributed by atoms with Crippen molar-refractivity contribution in [2.24, 2.45) is 0 Å². The van der Waals surface area contributed by atoms with Crippen molar-refractivity contribution in [3.8, 4) is 0 Å². The van der Waals surface area contributed by atoms with Crippen LogP contribution in [0, 0.1) is 0 Å². The number of fused-ring (bicyclic) bond motifs is 1. The van der Waals surface area contributed by atoms with E-state index in [0.29, 0.717) is 17.9 Å². The second-order valence-electron chi connectivity index (χ2n) is 4.33. The van der Waals surface area contributed by atoms with Crippen LogP contribution < -0.4 is 5.73 Å². The number of nitrogen functional groups attached to an aromatic ring is 1. The molecule has 1 unspecified atom stereocenters. The lowest BCUT2D eigenvalue weighted by Crippen LogP contribution is -2.07. The van der Waals surface area contributed by atoms with E-state index in [0.717, 1.165) is 11.0 Å². The third-order valence-electron chi connectivity index (χ3n) is 3.07. The maximum Gasteiger partial charge on any atom is 0.151 e. The minimum absolute atomic E-state index is 0.0886. The lowest BCUT2D eigenvalue weighted by Gasteiger charge is -2.08. The van der Waals surface area contributed by atoms with Gasteiger partial charge in [0.15, 0.2) is 9.84 Å². The Labute approximate surface area is 98.2 Å². The summed E-state index contributed by atoms with van der Waals surface area (Å²) < 4.78 is 23.0. The summed E-state index contributed by atoms with van der Waals surface area (Å²) in [5, 5.41) is 0. The Morgan fingerprint density at radius 3 is 3.00 bits per heavy atom. The minimum Gasteiger partial charge on any atom is -0.384 e. The summed E-state index contributed by atoms with van der Waals surface area (Å²) in [6.07, 6.45) is 2.17. The molecule has 3 heterocycles. The van der Waals surface area contributed by atoms with Gasteiger partial charge in [-0.2, -0.15) is 0 Å². The number of imidazole rings is 1. The van der Waals surface area contributed by atoms with E-state index in [2.05, 4.69) is 15.0 Å². The Morgan fingerprint density at radius 1 is 1.47 bits per heavy atom. The first-order valence-electron chi connectivity index (χ1n) is 5.35. The molecule has 1 aliphatic rings. The molecule has 0 amide bonds. The van der Waals surface area contributed by atoms with Crippen LogP contribution in [0.3, 0.4) is 0 Å². The number of nitrogens with two attached hydrogens (primary N) is 1. The van der Waals surface area contributed by atoms with E-state index < -0.39 is 9.84 Å². The van der Waals surface area contributed by atoms with Gasteiger partial charge in [-0.1, -0.05) is 0 Å². The number of hydrogen-bond donors (Lipinski definition) is 2. The van der Waals surface area contributed by atoms with Gasteiger partial charge in [0.25, 0.3) is 0 Å². The van der Waals surface area contributed by atoms with Crippen LogP contribution in [-0.4, -0.2) is 34.9 Å². The minimum atomic E-state index is -2.93. The van der Waals surface area contributed by atoms with Crippen molar-refractivity contribution in [1.82, 2.24) is 15.0 Å². The van der Waals surface area contributed by atoms with Gasteiger partial charge in [0.05, 0.1) is 29.0 Å². The third kappa shape index (κ3) is 1.76. The van der Waals surface area contributed by atoms with Crippen LogP contribution in [0.1, 0.15) is 18.0 Å². The standard InChI is InChI=1S/C10H12N4O2S/c11-8-3-7-10(13-5-12-7)9(14-8)6-1-2-17(15,16)4-6/h3,5-6H,1-2,4H2,(H2,11,14)(H,12,13). The maximum absolute atomic E-state index is 11.5. The first kappa shape index (κ1) is 10.5. The zero-order chi connectivity index (χ0) is 12.0. The van der Waals surface area contributed by atoms with Crippen molar-refractivity contribution in [3.63, 3.8) is 0 Å². The van der Waals surface area contributed by atoms with Crippen LogP contribution in [0.2, 0.25) is 0 Å². The van der Waals surface area contributed by atoms with Crippen LogP contribution in [0.15, 0.2) is 12.4 Å². The van der Waals surface area contributed by atoms with Crippen LogP contribution >= 0.6 is 0 Å². The highest BCUT2D eigenvalue weighted by Crippen LogP contribution is 2.31. The Morgan fingerprint density at radius 2 is 2.29 bits per heavy atom. The molecule has 2 aromatic heterocycles. The van der Waals surface area contributed by atoms with Gasteiger partial charge in [0, 0.05) is 12.0 Å². The summed E-state index contributed by atoms with van der Waals surface area (Å²) in [6, 6.07) is 1.70. The number of aromatic amines is 1. The number of pyridine rings is 1. The Balaban J connectivity index is 2.14. The van der Waals surface area contributed by atoms with Gasteiger partial charge in [0.2, 0.25) is 0 Å². The monoisotopic (exact) mass is 252 g/mol. The number of sulfone groups is 1. The molecule has 3 N–H and O–H groups in total. The molecular weight excluding hydrogens is 240 g/mol. The highest BCUT2D eigenvalue weighted by Gasteiger charge is 2.31. The van der Waals surface area contributed by atoms with E-state index in [9.17, 15) is 8.42 Å². The summed E-state index contributed by atoms with van der Waals surface area (Å²) >= 11 is 0. The predicted molar refractivity (Wildman–Crippen MR) is 64.3 cm³/mol. The quantitative estimate of drug-likeness (QED) is 0.766. The van der Waals surface area contributed by atoms with E-state index in [1.54, 1.807) is 12.4 Å². The van der Waals surface area contributed by atoms with Gasteiger partial charge < -0.3 is 10.7 Å². The molecule has 2 aromatic rings. The number of nitrogens with one attached hydrogen (secondary N) is 1. The number of nitrogens with zero attached hydrogens (tertiary/aromatic N) is 2. The SMILES string of the molecule is Nc1cc2[nH]cnc2c(C2CCS(=O)(=O)C2)n1. The Kier molecular flexibility index (Phi) is 2.12. The van der Waals surface area contributed by atoms with E-state index in [1.807, 2.05) is 0 Å². The fraction of sp³-hybridized carbons (Fsp3) is 0.400. The Hall–Kier alpha value is -1.63. The normalized spacial score (nSPS) is 23.2. The molecule has 1 aliphatic heterocycles. The summed E-state index contributed by atoms with van der Waals surface area (Å²) in [7, 11) is -2.93. The number of rotatable bonds is 1. The van der Waals surface area contributed by atoms with Crippen LogP contribution in [-0.2, 0) is 9.84 Å². The van der Waals surface area contributed by atoms with Gasteiger partial charge in [-0.15, -0.1) is 0 Å². The highest BCUT2D eigenvalue weighted by molar-refractivity contribution is 7.91. The zero-order valence-corrected chi connectivity index (χ0v) is 9.87. The molecule has 0 aliphatic carbocycles. The number of hydrogen-bond acceptors (Lipinski definition) is 5. The zero-order valence-electron chi connectivity index (χ0n) is 9.05. The lowest BCUT2D eigenvalue weighted by molar-refractivity contribution is 0.601. The molecular formula is C10H12N4O2S. The van der Waals surface area contributed by atoms with Gasteiger partial charge in [0.1, 0.15) is 11.3 Å². The topological polar surface area (TPSA) is 102 Å². The number of aromatic nitrogens is 3. The van der Waals surface area contributed by atoms with E-state index in [1.165, 1.54) is 0 Å². The molecule has 1 atom stereocenters. The molecule has 3 rings (SSSR count). The summed E-state index contributed by atoms with van der Waals surface area (Å²) in [5.41, 5.74) is 7.93. The van der Waals surface area contributed by atoms with Crippen LogP contribution in [0.4, 0.5) is 5.82 Å². The Bertz CT molecular complexity index is 677. The highest BCUT2D eigenvalue weighted by atomic mass is 32.2. The molecule has 0 spiro atoms. The molecule has 1 saturated heterocycles. The average Bonchev–Trinajstić information content (AvgIpc) is 2.82. The average molecular weight is 252 g/mol. The van der Waals surface area contributed by atoms with Crippen molar-refractivity contribution >= 4 is 26.7 Å². The summed E-state index contributed by atoms with van der Waals surface area (Å²) in [5.74, 6) is 0.668. The fourth-order valence-electron chi connectivity index (χ4n) is 2.29. The second-order valence-corrected chi connectivity index (χ2v) is 6.56. The molecule has 6 nitrogen and oxygen atoms in total. The first-order chi connectivity index (χ1) is 8.05. The lowest BCUT2D eigenvalue weighted by atomic mass is 10.0. The van der Waals surface area contributed by atoms with Gasteiger partial charge in [-0.05, 0) is 6.42 Å². The largest absolute Gasteiger partial charge is 0.384 e. The summed E-state index contributed by atoms with van der Waals surface area (Å²) in [4.78, 5) is 11.4. The van der Waals surface area contributed by atoms with Gasteiger partial charge in [-0.25, -0.2) is 18.4 Å². The number of H-pyrrole nitrogens is 1. The first-order valence-corrected chi connectivity index (χ1v) is 7.17. The van der Waals surface area contributed by atoms with E-state index >= 15 is 0 Å². The van der Waals surface area contributed by atoms with Crippen molar-refractivity contribution < 1.29 is 8.42 Å². The van der Waals surface area contributed by atoms with Gasteiger partial charge in [-0.3, -0.25) is 0 Å². The molecule has 90 valence electrons. The van der Waals surface area contributed by atoms with Crippen molar-refractivity contribution in [3.05, 3.63) is 18.1 Å². The van der Waals surface area contributed by atoms with E-state index in [-0.39, 0.29) is 17.4 Å². The van der Waals surface area contributed by atoms with E-state index in [4.69, 9.17) is 5.73 Å².